The van der Waals surface area contributed by atoms with Crippen molar-refractivity contribution in [2.75, 3.05) is 0 Å². The normalized spacial score (nSPS) is 14.6. The van der Waals surface area contributed by atoms with Gasteiger partial charge in [-0.25, -0.2) is 0 Å². The minimum Gasteiger partial charge on any atom is -0.133 e. The van der Waals surface area contributed by atoms with Crippen molar-refractivity contribution >= 4 is 40.1 Å². The molecule has 0 bridgehead atoms. The van der Waals surface area contributed by atoms with E-state index in [0.29, 0.717) is 6.42 Å². The Labute approximate surface area is 89.4 Å². The van der Waals surface area contributed by atoms with Crippen LogP contribution < -0.4 is 0 Å². The van der Waals surface area contributed by atoms with E-state index in [1.165, 1.54) is 0 Å². The van der Waals surface area contributed by atoms with E-state index in [1.807, 2.05) is 0 Å². The Balaban J connectivity index is 4.04. The van der Waals surface area contributed by atoms with Gasteiger partial charge in [0.05, 0.1) is 3.74 Å². The summed E-state index contributed by atoms with van der Waals surface area (Å²) < 4.78 is 15.1. The molecule has 0 heterocycles. The van der Waals surface area contributed by atoms with Crippen molar-refractivity contribution in [3.63, 3.8) is 0 Å². The highest BCUT2D eigenvalue weighted by Crippen LogP contribution is 2.27. The summed E-state index contributed by atoms with van der Waals surface area (Å²) in [5.41, 5.74) is 0.733. The Morgan fingerprint density at radius 2 is 2.25 bits per heavy atom. The van der Waals surface area contributed by atoms with E-state index in [2.05, 4.69) is 38.4 Å². The number of alkyl halides is 2. The van der Waals surface area contributed by atoms with Crippen LogP contribution >= 0.6 is 40.1 Å². The molecular formula is C6H10Br2O3P+. The van der Waals surface area contributed by atoms with Crippen molar-refractivity contribution in [2.45, 2.75) is 23.2 Å². The van der Waals surface area contributed by atoms with Crippen molar-refractivity contribution in [3.05, 3.63) is 12.2 Å². The lowest BCUT2D eigenvalue weighted by Gasteiger charge is -2.09. The lowest BCUT2D eigenvalue weighted by molar-refractivity contribution is 0.215. The average Bonchev–Trinajstić information content (AvgIpc) is 1.83. The number of rotatable bonds is 5. The summed E-state index contributed by atoms with van der Waals surface area (Å²) in [7, 11) is -2.56. The zero-order chi connectivity index (χ0) is 9.72. The molecule has 0 aromatic carbocycles. The van der Waals surface area contributed by atoms with Crippen molar-refractivity contribution in [1.29, 1.82) is 0 Å². The quantitative estimate of drug-likeness (QED) is 0.481. The van der Waals surface area contributed by atoms with Crippen LogP contribution in [0.2, 0.25) is 0 Å². The average molecular weight is 321 g/mol. The summed E-state index contributed by atoms with van der Waals surface area (Å²) in [5, 5.41) is 0. The molecule has 12 heavy (non-hydrogen) atoms. The topological polar surface area (TPSA) is 46.5 Å². The van der Waals surface area contributed by atoms with Crippen molar-refractivity contribution in [2.24, 2.45) is 0 Å². The van der Waals surface area contributed by atoms with Gasteiger partial charge < -0.3 is 0 Å². The molecule has 0 aliphatic heterocycles. The van der Waals surface area contributed by atoms with Gasteiger partial charge in [-0.15, -0.1) is 9.42 Å². The number of halogens is 2. The van der Waals surface area contributed by atoms with E-state index in [-0.39, 0.29) is 9.84 Å². The molecule has 0 saturated carbocycles. The van der Waals surface area contributed by atoms with E-state index in [9.17, 15) is 4.57 Å². The van der Waals surface area contributed by atoms with Gasteiger partial charge in [0.15, 0.2) is 0 Å². The van der Waals surface area contributed by atoms with Crippen LogP contribution in [0, 0.1) is 0 Å². The zero-order valence-electron chi connectivity index (χ0n) is 6.54. The first kappa shape index (κ1) is 12.7. The van der Waals surface area contributed by atoms with Crippen molar-refractivity contribution < 1.29 is 14.0 Å². The van der Waals surface area contributed by atoms with Crippen LogP contribution in [0.3, 0.4) is 0 Å². The van der Waals surface area contributed by atoms with Gasteiger partial charge in [0.1, 0.15) is 6.10 Å². The maximum atomic E-state index is 10.3. The summed E-state index contributed by atoms with van der Waals surface area (Å²) in [6.07, 6.45) is 0.180. The second kappa shape index (κ2) is 6.22. The summed E-state index contributed by atoms with van der Waals surface area (Å²) >= 11 is 6.50. The first-order chi connectivity index (χ1) is 5.43. The van der Waals surface area contributed by atoms with E-state index < -0.39 is 8.25 Å². The predicted octanol–water partition coefficient (Wildman–Crippen LogP) is 3.10. The fourth-order valence-electron chi connectivity index (χ4n) is 0.605. The Kier molecular flexibility index (Phi) is 6.59. The largest absolute Gasteiger partial charge is 0.695 e. The van der Waals surface area contributed by atoms with Gasteiger partial charge in [0.25, 0.3) is 0 Å². The third-order valence-electron chi connectivity index (χ3n) is 1.16. The van der Waals surface area contributed by atoms with Gasteiger partial charge >= 0.3 is 8.25 Å². The maximum absolute atomic E-state index is 10.3. The lowest BCUT2D eigenvalue weighted by Crippen LogP contribution is -2.13. The minimum absolute atomic E-state index is 0.0571. The molecule has 0 saturated heterocycles. The van der Waals surface area contributed by atoms with Crippen LogP contribution in [0.1, 0.15) is 13.3 Å². The first-order valence-corrected chi connectivity index (χ1v) is 6.16. The van der Waals surface area contributed by atoms with Crippen molar-refractivity contribution in [1.82, 2.24) is 0 Å². The highest BCUT2D eigenvalue weighted by Gasteiger charge is 2.25. The van der Waals surface area contributed by atoms with Gasteiger partial charge in [0.2, 0.25) is 0 Å². The Morgan fingerprint density at radius 1 is 1.75 bits per heavy atom. The highest BCUT2D eigenvalue weighted by atomic mass is 79.9. The predicted molar refractivity (Wildman–Crippen MR) is 55.8 cm³/mol. The third kappa shape index (κ3) is 6.26. The van der Waals surface area contributed by atoms with Gasteiger partial charge in [-0.3, -0.25) is 0 Å². The molecule has 0 rings (SSSR count). The molecular weight excluding hydrogens is 311 g/mol. The van der Waals surface area contributed by atoms with Crippen LogP contribution in [0.5, 0.6) is 0 Å². The fourth-order valence-corrected chi connectivity index (χ4v) is 1.77. The van der Waals surface area contributed by atoms with E-state index in [4.69, 9.17) is 9.42 Å². The molecule has 0 radical (unpaired) electrons. The summed E-state index contributed by atoms with van der Waals surface area (Å²) in [6, 6.07) is 0. The Morgan fingerprint density at radius 3 is 2.50 bits per heavy atom. The molecule has 3 nitrogen and oxygen atoms in total. The molecule has 0 aromatic rings. The van der Waals surface area contributed by atoms with Gasteiger partial charge in [-0.05, 0) is 12.5 Å². The second-order valence-corrected chi connectivity index (χ2v) is 6.43. The van der Waals surface area contributed by atoms with Crippen LogP contribution in [-0.2, 0) is 9.09 Å². The number of hydrogen-bond donors (Lipinski definition) is 1. The molecule has 1 N–H and O–H groups in total. The molecule has 0 aromatic heterocycles. The minimum atomic E-state index is -2.56. The molecule has 0 amide bonds. The SMILES string of the molecule is C=C(C)C(CC(Br)Br)O[P+](=O)O. The summed E-state index contributed by atoms with van der Waals surface area (Å²) in [5.74, 6) is 0. The number of hydrogen-bond acceptors (Lipinski definition) is 2. The maximum Gasteiger partial charge on any atom is 0.695 e. The van der Waals surface area contributed by atoms with Gasteiger partial charge in [0, 0.05) is 11.0 Å². The molecule has 6 heteroatoms. The molecule has 2 unspecified atom stereocenters. The summed E-state index contributed by atoms with van der Waals surface area (Å²) in [4.78, 5) is 8.50. The Hall–Kier alpha value is 0.720. The summed E-state index contributed by atoms with van der Waals surface area (Å²) in [6.45, 7) is 5.41. The zero-order valence-corrected chi connectivity index (χ0v) is 10.6. The molecule has 70 valence electrons. The van der Waals surface area contributed by atoms with Gasteiger partial charge in [-0.2, -0.15) is 0 Å². The van der Waals surface area contributed by atoms with Crippen LogP contribution in [0.15, 0.2) is 12.2 Å². The molecule has 0 aliphatic rings. The first-order valence-electron chi connectivity index (χ1n) is 3.20. The molecule has 0 aliphatic carbocycles. The second-order valence-electron chi connectivity index (χ2n) is 2.31. The van der Waals surface area contributed by atoms with E-state index in [0.717, 1.165) is 5.57 Å². The fraction of sp³-hybridized carbons (Fsp3) is 0.667. The molecule has 0 fully saturated rings. The van der Waals surface area contributed by atoms with Gasteiger partial charge in [-0.1, -0.05) is 38.4 Å². The van der Waals surface area contributed by atoms with E-state index in [1.54, 1.807) is 6.92 Å². The van der Waals surface area contributed by atoms with Crippen LogP contribution in [0.25, 0.3) is 0 Å². The molecule has 2 atom stereocenters. The standard InChI is InChI=1S/C6H9Br2O3P/c1-4(2)5(3-6(7)8)11-12(9)10/h5-6H,1,3H2,2H3/p+1. The highest BCUT2D eigenvalue weighted by molar-refractivity contribution is 9.24. The molecule has 0 spiro atoms. The van der Waals surface area contributed by atoms with Crippen molar-refractivity contribution in [3.8, 4) is 0 Å². The Bertz CT molecular complexity index is 184. The third-order valence-corrected chi connectivity index (χ3v) is 2.34. The lowest BCUT2D eigenvalue weighted by atomic mass is 10.1. The van der Waals surface area contributed by atoms with E-state index >= 15 is 0 Å². The van der Waals surface area contributed by atoms with Crippen LogP contribution in [0.4, 0.5) is 0 Å². The monoisotopic (exact) mass is 319 g/mol. The smallest absolute Gasteiger partial charge is 0.133 e. The van der Waals surface area contributed by atoms with Crippen LogP contribution in [-0.4, -0.2) is 14.7 Å².